The molecule has 0 bridgehead atoms. The van der Waals surface area contributed by atoms with E-state index in [1.165, 1.54) is 38.2 Å². The Morgan fingerprint density at radius 3 is 2.39 bits per heavy atom. The van der Waals surface area contributed by atoms with Crippen molar-refractivity contribution in [2.45, 2.75) is 32.9 Å². The van der Waals surface area contributed by atoms with E-state index in [1.807, 2.05) is 0 Å². The number of aromatic hydroxyl groups is 1. The molecule has 0 fully saturated rings. The molecule has 0 aliphatic rings. The van der Waals surface area contributed by atoms with Gasteiger partial charge in [0.2, 0.25) is 11.6 Å². The number of hydrogen-bond acceptors (Lipinski definition) is 8. The first-order chi connectivity index (χ1) is 15.0. The van der Waals surface area contributed by atoms with Crippen molar-refractivity contribution in [2.24, 2.45) is 7.05 Å². The molecule has 0 aliphatic carbocycles. The zero-order valence-electron chi connectivity index (χ0n) is 17.8. The maximum absolute atomic E-state index is 13.0. The van der Waals surface area contributed by atoms with Gasteiger partial charge >= 0.3 is 41.4 Å². The van der Waals surface area contributed by atoms with Crippen LogP contribution in [0.3, 0.4) is 0 Å². The molecule has 33 heavy (non-hydrogen) atoms. The molecule has 0 radical (unpaired) electrons. The van der Waals surface area contributed by atoms with Crippen molar-refractivity contribution in [3.8, 4) is 5.75 Å². The average molecular weight is 468 g/mol. The molecule has 0 unspecified atom stereocenters. The molecule has 1 aromatic carbocycles. The van der Waals surface area contributed by atoms with Crippen LogP contribution >= 0.6 is 0 Å². The van der Waals surface area contributed by atoms with Gasteiger partial charge in [-0.15, -0.1) is 10.2 Å². The number of aryl methyl sites for hydroxylation is 1. The standard InChI is InChI=1S/C20H21FN6O5.Na.H/c1-10-25-26-17(32-10)16(30)24-20(2,3)19-23-13(14(28)18(31)27(19)4)15(29)22-9-11-5-7-12(21)8-6-11;;/h5-8,28H,9H2,1-4H3,(H,22,29)(H,24,30);;. The van der Waals surface area contributed by atoms with Gasteiger partial charge in [0, 0.05) is 20.5 Å². The van der Waals surface area contributed by atoms with Crippen LogP contribution in [0, 0.1) is 12.7 Å². The van der Waals surface area contributed by atoms with E-state index in [0.717, 1.165) is 4.57 Å². The topological polar surface area (TPSA) is 152 Å². The molecule has 3 rings (SSSR count). The fourth-order valence-electron chi connectivity index (χ4n) is 2.96. The summed E-state index contributed by atoms with van der Waals surface area (Å²) in [5.41, 5.74) is -2.06. The molecule has 2 aromatic heterocycles. The number of hydrogen-bond donors (Lipinski definition) is 3. The van der Waals surface area contributed by atoms with Crippen LogP contribution in [0.25, 0.3) is 0 Å². The molecular weight excluding hydrogens is 446 g/mol. The Hall–Kier alpha value is -3.09. The Bertz CT molecular complexity index is 1240. The van der Waals surface area contributed by atoms with E-state index in [4.69, 9.17) is 4.42 Å². The first kappa shape index (κ1) is 26.2. The van der Waals surface area contributed by atoms with Crippen molar-refractivity contribution in [3.63, 3.8) is 0 Å². The van der Waals surface area contributed by atoms with Crippen LogP contribution in [0.5, 0.6) is 5.75 Å². The van der Waals surface area contributed by atoms with Gasteiger partial charge in [0.05, 0.1) is 5.54 Å². The molecule has 2 amide bonds. The third-order valence-corrected chi connectivity index (χ3v) is 4.55. The molecule has 0 spiro atoms. The van der Waals surface area contributed by atoms with E-state index in [0.29, 0.717) is 5.56 Å². The van der Waals surface area contributed by atoms with Gasteiger partial charge in [-0.3, -0.25) is 19.0 Å². The van der Waals surface area contributed by atoms with Crippen LogP contribution in [0.1, 0.15) is 52.3 Å². The second kappa shape index (κ2) is 10.2. The average Bonchev–Trinajstić information content (AvgIpc) is 3.17. The number of amides is 2. The van der Waals surface area contributed by atoms with Gasteiger partial charge in [-0.25, -0.2) is 9.37 Å². The minimum absolute atomic E-state index is 0. The number of carbonyl (C=O) groups is 2. The summed E-state index contributed by atoms with van der Waals surface area (Å²) >= 11 is 0. The van der Waals surface area contributed by atoms with Gasteiger partial charge in [0.1, 0.15) is 11.6 Å². The molecule has 0 saturated carbocycles. The van der Waals surface area contributed by atoms with Crippen LogP contribution in [-0.4, -0.2) is 66.2 Å². The van der Waals surface area contributed by atoms with Gasteiger partial charge in [0.25, 0.3) is 11.5 Å². The first-order valence-corrected chi connectivity index (χ1v) is 9.45. The van der Waals surface area contributed by atoms with Crippen LogP contribution in [-0.2, 0) is 19.1 Å². The van der Waals surface area contributed by atoms with Crippen molar-refractivity contribution < 1.29 is 23.5 Å². The normalized spacial score (nSPS) is 10.9. The summed E-state index contributed by atoms with van der Waals surface area (Å²) < 4.78 is 19.1. The number of halogens is 1. The van der Waals surface area contributed by atoms with E-state index in [1.54, 1.807) is 13.8 Å². The van der Waals surface area contributed by atoms with E-state index in [2.05, 4.69) is 25.8 Å². The summed E-state index contributed by atoms with van der Waals surface area (Å²) in [6, 6.07) is 5.44. The van der Waals surface area contributed by atoms with Crippen molar-refractivity contribution in [1.29, 1.82) is 0 Å². The predicted molar refractivity (Wildman–Crippen MR) is 115 cm³/mol. The molecule has 13 heteroatoms. The summed E-state index contributed by atoms with van der Waals surface area (Å²) in [5, 5.41) is 22.6. The van der Waals surface area contributed by atoms with Gasteiger partial charge in [-0.05, 0) is 31.5 Å². The molecule has 0 saturated heterocycles. The number of rotatable bonds is 6. The van der Waals surface area contributed by atoms with Gasteiger partial charge in [0.15, 0.2) is 5.69 Å². The predicted octanol–water partition coefficient (Wildman–Crippen LogP) is 0.263. The summed E-state index contributed by atoms with van der Waals surface area (Å²) in [5.74, 6) is -2.88. The second-order valence-corrected chi connectivity index (χ2v) is 7.51. The molecule has 170 valence electrons. The van der Waals surface area contributed by atoms with E-state index in [-0.39, 0.29) is 53.7 Å². The van der Waals surface area contributed by atoms with Crippen LogP contribution in [0.2, 0.25) is 0 Å². The quantitative estimate of drug-likeness (QED) is 0.436. The summed E-state index contributed by atoms with van der Waals surface area (Å²) in [6.07, 6.45) is 0. The third-order valence-electron chi connectivity index (χ3n) is 4.55. The molecule has 3 aromatic rings. The number of carbonyl (C=O) groups excluding carboxylic acids is 2. The van der Waals surface area contributed by atoms with E-state index < -0.39 is 40.2 Å². The van der Waals surface area contributed by atoms with Gasteiger partial charge in [-0.2, -0.15) is 0 Å². The Labute approximate surface area is 209 Å². The van der Waals surface area contributed by atoms with Crippen LogP contribution in [0.15, 0.2) is 33.5 Å². The first-order valence-electron chi connectivity index (χ1n) is 9.45. The Balaban J connectivity index is 0.00000385. The molecular formula is C20H22FN6NaO5. The molecule has 0 atom stereocenters. The van der Waals surface area contributed by atoms with Gasteiger partial charge < -0.3 is 20.2 Å². The van der Waals surface area contributed by atoms with Crippen molar-refractivity contribution >= 4 is 41.4 Å². The summed E-state index contributed by atoms with van der Waals surface area (Å²) in [6.45, 7) is 4.64. The molecule has 0 aliphatic heterocycles. The third kappa shape index (κ3) is 5.83. The molecule has 2 heterocycles. The SMILES string of the molecule is Cc1nnc(C(=O)NC(C)(C)c2nc(C(=O)NCc3ccc(F)cc3)c(O)c(=O)n2C)o1.[NaH]. The Morgan fingerprint density at radius 2 is 1.82 bits per heavy atom. The fourth-order valence-corrected chi connectivity index (χ4v) is 2.96. The molecule has 3 N–H and O–H groups in total. The number of nitrogens with one attached hydrogen (secondary N) is 2. The number of benzene rings is 1. The van der Waals surface area contributed by atoms with E-state index in [9.17, 15) is 23.9 Å². The molecule has 11 nitrogen and oxygen atoms in total. The van der Waals surface area contributed by atoms with E-state index >= 15 is 0 Å². The fraction of sp³-hybridized carbons (Fsp3) is 0.300. The van der Waals surface area contributed by atoms with Crippen molar-refractivity contribution in [1.82, 2.24) is 30.4 Å². The zero-order valence-corrected chi connectivity index (χ0v) is 17.8. The van der Waals surface area contributed by atoms with Crippen LogP contribution < -0.4 is 16.2 Å². The van der Waals surface area contributed by atoms with Crippen molar-refractivity contribution in [2.75, 3.05) is 0 Å². The van der Waals surface area contributed by atoms with Crippen molar-refractivity contribution in [3.05, 3.63) is 69.3 Å². The zero-order chi connectivity index (χ0) is 23.6. The Morgan fingerprint density at radius 1 is 1.18 bits per heavy atom. The maximum atomic E-state index is 13.0. The van der Waals surface area contributed by atoms with Gasteiger partial charge in [-0.1, -0.05) is 12.1 Å². The summed E-state index contributed by atoms with van der Waals surface area (Å²) in [4.78, 5) is 41.7. The summed E-state index contributed by atoms with van der Waals surface area (Å²) in [7, 11) is 1.34. The minimum atomic E-state index is -1.27. The monoisotopic (exact) mass is 468 g/mol. The second-order valence-electron chi connectivity index (χ2n) is 7.51. The number of aromatic nitrogens is 4. The number of nitrogens with zero attached hydrogens (tertiary/aromatic N) is 4. The van der Waals surface area contributed by atoms with Crippen LogP contribution in [0.4, 0.5) is 4.39 Å². The Kier molecular flexibility index (Phi) is 8.11.